The molecule has 2 aliphatic rings. The van der Waals surface area contributed by atoms with Gasteiger partial charge in [-0.3, -0.25) is 14.5 Å². The van der Waals surface area contributed by atoms with Crippen LogP contribution in [0.5, 0.6) is 0 Å². The van der Waals surface area contributed by atoms with Crippen molar-refractivity contribution in [2.75, 3.05) is 17.2 Å². The van der Waals surface area contributed by atoms with E-state index >= 15 is 0 Å². The average molecular weight is 602 g/mol. The molecule has 0 aromatic carbocycles. The number of thioether (sulfide) groups is 1. The van der Waals surface area contributed by atoms with Crippen LogP contribution in [0.3, 0.4) is 0 Å². The lowest BCUT2D eigenvalue weighted by Crippen LogP contribution is -2.71. The van der Waals surface area contributed by atoms with Gasteiger partial charge in [-0.05, 0) is 6.92 Å². The Morgan fingerprint density at radius 2 is 2.16 bits per heavy atom. The van der Waals surface area contributed by atoms with Crippen LogP contribution in [0.15, 0.2) is 22.5 Å². The Hall–Kier alpha value is -3.41. The van der Waals surface area contributed by atoms with Crippen molar-refractivity contribution in [2.45, 2.75) is 37.9 Å². The summed E-state index contributed by atoms with van der Waals surface area (Å²) in [5.41, 5.74) is 11.9. The predicted octanol–water partition coefficient (Wildman–Crippen LogP) is -1.08. The number of oxime groups is 1. The summed E-state index contributed by atoms with van der Waals surface area (Å²) in [6, 6.07) is 0.637. The van der Waals surface area contributed by atoms with Gasteiger partial charge < -0.3 is 36.6 Å². The number of nitrogens with one attached hydrogen (secondary N) is 1. The van der Waals surface area contributed by atoms with Gasteiger partial charge in [0.1, 0.15) is 21.4 Å². The molecule has 4 heterocycles. The third-order valence-corrected chi connectivity index (χ3v) is 8.90. The minimum Gasteiger partial charge on any atom is -0.543 e. The molecule has 18 heteroatoms. The lowest BCUT2D eigenvalue weighted by Gasteiger charge is -2.50. The molecule has 0 radical (unpaired) electrons. The second-order valence-corrected chi connectivity index (χ2v) is 11.9. The molecule has 6 N–H and O–H groups in total. The van der Waals surface area contributed by atoms with Crippen LogP contribution in [0, 0.1) is 6.92 Å². The Morgan fingerprint density at radius 3 is 2.71 bits per heavy atom. The maximum Gasteiger partial charge on any atom is 0.347 e. The molecule has 2 aromatic heterocycles. The summed E-state index contributed by atoms with van der Waals surface area (Å²) in [5.74, 6) is -4.23. The smallest absolute Gasteiger partial charge is 0.347 e. The number of hydrogen-bond donors (Lipinski definition) is 4. The lowest BCUT2D eigenvalue weighted by molar-refractivity contribution is -0.626. The number of aryl methyl sites for hydroxylation is 1. The third kappa shape index (κ3) is 5.27. The number of nitrogens with two attached hydrogens (primary N) is 2. The molecule has 3 atom stereocenters. The van der Waals surface area contributed by atoms with E-state index in [-0.39, 0.29) is 33.2 Å². The van der Waals surface area contributed by atoms with Gasteiger partial charge in [-0.15, -0.1) is 15.7 Å². The molecule has 4 rings (SSSR count). The summed E-state index contributed by atoms with van der Waals surface area (Å²) in [6.45, 7) is 3.23. The topological polar surface area (TPSA) is 217 Å². The zero-order valence-electron chi connectivity index (χ0n) is 19.7. The maximum atomic E-state index is 13.1. The number of amides is 2. The second kappa shape index (κ2) is 10.8. The third-order valence-electron chi connectivity index (χ3n) is 5.51. The molecule has 2 aromatic rings. The van der Waals surface area contributed by atoms with E-state index in [2.05, 4.69) is 15.5 Å². The van der Waals surface area contributed by atoms with Gasteiger partial charge in [0.2, 0.25) is 6.10 Å². The first-order valence-electron chi connectivity index (χ1n) is 10.7. The molecular weight excluding hydrogens is 582 g/mol. The molecule has 0 unspecified atom stereocenters. The van der Waals surface area contributed by atoms with Crippen LogP contribution in [0.25, 0.3) is 0 Å². The minimum absolute atomic E-state index is 0.00889. The number of thiazole rings is 1. The number of carbonyl (C=O) groups is 4. The van der Waals surface area contributed by atoms with E-state index in [0.29, 0.717) is 10.6 Å². The number of rotatable bonds is 9. The molecule has 14 nitrogen and oxygen atoms in total. The van der Waals surface area contributed by atoms with Gasteiger partial charge in [0, 0.05) is 24.3 Å². The first-order chi connectivity index (χ1) is 17.9. The fourth-order valence-corrected chi connectivity index (χ4v) is 6.83. The first kappa shape index (κ1) is 27.6. The highest BCUT2D eigenvalue weighted by molar-refractivity contribution is 8.00. The number of aliphatic carboxylic acids is 2. The van der Waals surface area contributed by atoms with Crippen LogP contribution < -0.4 is 25.8 Å². The van der Waals surface area contributed by atoms with Crippen LogP contribution in [-0.4, -0.2) is 67.7 Å². The van der Waals surface area contributed by atoms with Crippen molar-refractivity contribution in [3.8, 4) is 0 Å². The highest BCUT2D eigenvalue weighted by Crippen LogP contribution is 2.40. The molecule has 1 saturated heterocycles. The normalized spacial score (nSPS) is 20.0. The quantitative estimate of drug-likeness (QED) is 0.117. The summed E-state index contributed by atoms with van der Waals surface area (Å²) in [7, 11) is 0. The number of carboxylic acids is 2. The van der Waals surface area contributed by atoms with Gasteiger partial charge in [-0.1, -0.05) is 28.1 Å². The molecule has 0 aliphatic carbocycles. The van der Waals surface area contributed by atoms with E-state index in [1.165, 1.54) is 30.2 Å². The van der Waals surface area contributed by atoms with Gasteiger partial charge in [0.25, 0.3) is 11.8 Å². The van der Waals surface area contributed by atoms with Crippen molar-refractivity contribution in [2.24, 2.45) is 5.16 Å². The molecule has 202 valence electrons. The standard InChI is InChI=1S/C20H20ClN7O7S3/c1-6-3-9(22)38-27(6)4-8-5-36-17-12(16(30)28(17)13(8)19(33)34)24-15(29)11(26-35-7(2)18(31)32)10-14(21)37-20(23)25-10/h3,7,12,17,22H,4-5H2,1-2H3,(H5,23,24,25,29,31,32,33,34)/b26-11-/t7-,12+,17+/m0/s1. The van der Waals surface area contributed by atoms with Crippen LogP contribution in [0.2, 0.25) is 4.34 Å². The second-order valence-electron chi connectivity index (χ2n) is 8.12. The molecule has 38 heavy (non-hydrogen) atoms. The monoisotopic (exact) mass is 601 g/mol. The molecule has 1 fully saturated rings. The number of halogens is 1. The van der Waals surface area contributed by atoms with Crippen molar-refractivity contribution >= 4 is 85.8 Å². The largest absolute Gasteiger partial charge is 0.543 e. The van der Waals surface area contributed by atoms with Crippen molar-refractivity contribution in [3.05, 3.63) is 33.1 Å². The Bertz CT molecular complexity index is 1410. The molecule has 2 aliphatic heterocycles. The van der Waals surface area contributed by atoms with Crippen molar-refractivity contribution in [3.63, 3.8) is 0 Å². The van der Waals surface area contributed by atoms with Crippen molar-refractivity contribution in [1.82, 2.24) is 15.2 Å². The first-order valence-corrected chi connectivity index (χ1v) is 13.7. The minimum atomic E-state index is -1.52. The molecule has 0 spiro atoms. The lowest BCUT2D eigenvalue weighted by atomic mass is 10.0. The average Bonchev–Trinajstić information content (AvgIpc) is 3.35. The van der Waals surface area contributed by atoms with Crippen LogP contribution in [0.1, 0.15) is 18.3 Å². The Kier molecular flexibility index (Phi) is 7.82. The fraction of sp³-hybridized carbons (Fsp3) is 0.350. The highest BCUT2D eigenvalue weighted by Gasteiger charge is 2.53. The Labute approximate surface area is 232 Å². The predicted molar refractivity (Wildman–Crippen MR) is 137 cm³/mol. The SMILES string of the molecule is Cc1cc(N)s[n+]1CC1=C(C(=O)[O-])N2C(=O)[C@@H](NC(=O)/C(=N\O[C@@H](C)C(=O)O)c3nc(N)sc3Cl)[C@H]2SC1. The summed E-state index contributed by atoms with van der Waals surface area (Å²) in [5, 5.41) is 27.0. The fourth-order valence-electron chi connectivity index (χ4n) is 3.67. The number of hydrogen-bond acceptors (Lipinski definition) is 13. The number of nitrogens with zero attached hydrogens (tertiary/aromatic N) is 4. The highest BCUT2D eigenvalue weighted by atomic mass is 35.5. The van der Waals surface area contributed by atoms with E-state index in [0.717, 1.165) is 21.9 Å². The summed E-state index contributed by atoms with van der Waals surface area (Å²) >= 11 is 9.48. The zero-order valence-corrected chi connectivity index (χ0v) is 22.9. The molecule has 0 bridgehead atoms. The summed E-state index contributed by atoms with van der Waals surface area (Å²) in [4.78, 5) is 59.2. The van der Waals surface area contributed by atoms with Gasteiger partial charge >= 0.3 is 5.97 Å². The number of fused-ring (bicyclic) bond motifs is 1. The number of anilines is 2. The number of carboxylic acid groups (broad SMARTS) is 2. The van der Waals surface area contributed by atoms with E-state index in [9.17, 15) is 24.3 Å². The van der Waals surface area contributed by atoms with Crippen LogP contribution >= 0.6 is 46.2 Å². The van der Waals surface area contributed by atoms with E-state index in [4.69, 9.17) is 33.0 Å². The van der Waals surface area contributed by atoms with Gasteiger partial charge in [-0.25, -0.2) is 9.78 Å². The maximum absolute atomic E-state index is 13.1. The van der Waals surface area contributed by atoms with Gasteiger partial charge in [-0.2, -0.15) is 0 Å². The molecule has 0 saturated carbocycles. The van der Waals surface area contributed by atoms with E-state index in [1.54, 1.807) is 6.07 Å². The number of β-lactam (4-membered cyclic amide) rings is 1. The van der Waals surface area contributed by atoms with E-state index in [1.807, 2.05) is 10.9 Å². The number of aromatic nitrogens is 2. The molecule has 2 amide bonds. The van der Waals surface area contributed by atoms with E-state index < -0.39 is 47.0 Å². The Balaban J connectivity index is 1.57. The summed E-state index contributed by atoms with van der Waals surface area (Å²) in [6.07, 6.45) is -1.41. The zero-order chi connectivity index (χ0) is 27.9. The van der Waals surface area contributed by atoms with Crippen molar-refractivity contribution < 1.29 is 38.2 Å². The van der Waals surface area contributed by atoms with Crippen LogP contribution in [-0.2, 0) is 30.6 Å². The van der Waals surface area contributed by atoms with Crippen molar-refractivity contribution in [1.29, 1.82) is 0 Å². The number of carbonyl (C=O) groups excluding carboxylic acids is 3. The summed E-state index contributed by atoms with van der Waals surface area (Å²) < 4.78 is 1.80. The Morgan fingerprint density at radius 1 is 1.45 bits per heavy atom. The van der Waals surface area contributed by atoms with Gasteiger partial charge in [0.05, 0.1) is 11.7 Å². The van der Waals surface area contributed by atoms with Crippen LogP contribution in [0.4, 0.5) is 10.1 Å². The van der Waals surface area contributed by atoms with Gasteiger partial charge in [0.15, 0.2) is 39.6 Å². The molecular formula is C20H20ClN7O7S3. The number of nitrogen functional groups attached to an aromatic ring is 2.